The monoisotopic (exact) mass is 305 g/mol. The maximum atomic E-state index is 5.49. The Hall–Kier alpha value is -1.24. The Morgan fingerprint density at radius 3 is 3.00 bits per heavy atom. The fourth-order valence-electron chi connectivity index (χ4n) is 2.84. The van der Waals surface area contributed by atoms with Crippen molar-refractivity contribution in [2.24, 2.45) is 5.92 Å². The number of thiophene rings is 1. The van der Waals surface area contributed by atoms with E-state index in [0.717, 1.165) is 37.0 Å². The molecular formula is C15H19N3O2S. The minimum Gasteiger partial charge on any atom is -0.381 e. The number of ether oxygens (including phenoxy) is 1. The third-order valence-corrected chi connectivity index (χ3v) is 4.98. The topological polar surface area (TPSA) is 51.4 Å². The van der Waals surface area contributed by atoms with Crippen molar-refractivity contribution in [1.29, 1.82) is 0 Å². The van der Waals surface area contributed by atoms with E-state index in [9.17, 15) is 0 Å². The zero-order chi connectivity index (χ0) is 14.1. The highest BCUT2D eigenvalue weighted by Crippen LogP contribution is 2.30. The number of rotatable bonds is 6. The van der Waals surface area contributed by atoms with Crippen molar-refractivity contribution < 1.29 is 9.26 Å². The van der Waals surface area contributed by atoms with Gasteiger partial charge < -0.3 is 9.26 Å². The average Bonchev–Trinajstić information content (AvgIpc) is 2.93. The van der Waals surface area contributed by atoms with Gasteiger partial charge in [-0.25, -0.2) is 0 Å². The van der Waals surface area contributed by atoms with Crippen LogP contribution in [0.2, 0.25) is 0 Å². The molecular weight excluding hydrogens is 286 g/mol. The first-order valence-electron chi connectivity index (χ1n) is 7.57. The van der Waals surface area contributed by atoms with Gasteiger partial charge in [-0.15, -0.1) is 11.3 Å². The van der Waals surface area contributed by atoms with Crippen LogP contribution in [0.4, 0.5) is 0 Å². The van der Waals surface area contributed by atoms with Crippen LogP contribution in [0.15, 0.2) is 22.0 Å². The molecule has 0 N–H and O–H groups in total. The minimum absolute atomic E-state index is 0.639. The maximum absolute atomic E-state index is 5.49. The van der Waals surface area contributed by atoms with Crippen molar-refractivity contribution in [2.75, 3.05) is 19.8 Å². The summed E-state index contributed by atoms with van der Waals surface area (Å²) >= 11 is 1.63. The summed E-state index contributed by atoms with van der Waals surface area (Å²) in [6, 6.07) is 4.71. The highest BCUT2D eigenvalue weighted by atomic mass is 32.1. The van der Waals surface area contributed by atoms with Gasteiger partial charge in [-0.1, -0.05) is 11.2 Å². The van der Waals surface area contributed by atoms with Crippen molar-refractivity contribution in [3.63, 3.8) is 0 Å². The van der Waals surface area contributed by atoms with Gasteiger partial charge in [0.05, 0.1) is 18.0 Å². The van der Waals surface area contributed by atoms with Crippen molar-refractivity contribution in [1.82, 2.24) is 15.0 Å². The highest BCUT2D eigenvalue weighted by Gasteiger charge is 2.32. The van der Waals surface area contributed by atoms with Crippen LogP contribution < -0.4 is 0 Å². The van der Waals surface area contributed by atoms with Crippen LogP contribution in [0, 0.1) is 5.92 Å². The second kappa shape index (κ2) is 5.87. The van der Waals surface area contributed by atoms with Gasteiger partial charge in [-0.2, -0.15) is 4.98 Å². The first-order valence-corrected chi connectivity index (χ1v) is 8.45. The van der Waals surface area contributed by atoms with Gasteiger partial charge in [-0.05, 0) is 36.6 Å². The fourth-order valence-corrected chi connectivity index (χ4v) is 3.49. The number of aromatic nitrogens is 2. The predicted molar refractivity (Wildman–Crippen MR) is 80.0 cm³/mol. The molecule has 2 aromatic rings. The van der Waals surface area contributed by atoms with E-state index in [0.29, 0.717) is 17.9 Å². The Morgan fingerprint density at radius 2 is 2.29 bits per heavy atom. The second-order valence-electron chi connectivity index (χ2n) is 5.88. The summed E-state index contributed by atoms with van der Waals surface area (Å²) in [7, 11) is 0. The van der Waals surface area contributed by atoms with E-state index in [1.165, 1.54) is 19.3 Å². The van der Waals surface area contributed by atoms with E-state index < -0.39 is 0 Å². The Kier molecular flexibility index (Phi) is 3.75. The summed E-state index contributed by atoms with van der Waals surface area (Å²) in [5.74, 6) is 2.10. The van der Waals surface area contributed by atoms with Crippen LogP contribution in [0.25, 0.3) is 10.8 Å². The molecule has 21 heavy (non-hydrogen) atoms. The van der Waals surface area contributed by atoms with Crippen LogP contribution in [-0.4, -0.2) is 40.8 Å². The molecule has 1 aliphatic carbocycles. The Balaban J connectivity index is 1.43. The van der Waals surface area contributed by atoms with Gasteiger partial charge in [0.1, 0.15) is 0 Å². The van der Waals surface area contributed by atoms with Gasteiger partial charge in [0.15, 0.2) is 5.82 Å². The standard InChI is InChI=1S/C15H19N3O2S/c1-2-13(21-7-1)15-16-14(17-20-15)9-18(12-3-4-12)8-11-5-6-19-10-11/h1-2,7,11-12H,3-6,8-10H2. The number of hydrogen-bond donors (Lipinski definition) is 0. The molecule has 0 bridgehead atoms. The highest BCUT2D eigenvalue weighted by molar-refractivity contribution is 7.13. The lowest BCUT2D eigenvalue weighted by Gasteiger charge is -2.23. The van der Waals surface area contributed by atoms with Crippen molar-refractivity contribution in [3.8, 4) is 10.8 Å². The molecule has 1 unspecified atom stereocenters. The number of nitrogens with zero attached hydrogens (tertiary/aromatic N) is 3. The smallest absolute Gasteiger partial charge is 0.268 e. The molecule has 0 radical (unpaired) electrons. The number of hydrogen-bond acceptors (Lipinski definition) is 6. The van der Waals surface area contributed by atoms with E-state index in [1.807, 2.05) is 17.5 Å². The van der Waals surface area contributed by atoms with Crippen molar-refractivity contribution in [3.05, 3.63) is 23.3 Å². The molecule has 1 aliphatic heterocycles. The lowest BCUT2D eigenvalue weighted by molar-refractivity contribution is 0.159. The largest absolute Gasteiger partial charge is 0.381 e. The second-order valence-corrected chi connectivity index (χ2v) is 6.83. The summed E-state index contributed by atoms with van der Waals surface area (Å²) < 4.78 is 10.9. The van der Waals surface area contributed by atoms with E-state index in [-0.39, 0.29) is 0 Å². The van der Waals surface area contributed by atoms with Crippen LogP contribution in [0.5, 0.6) is 0 Å². The van der Waals surface area contributed by atoms with Gasteiger partial charge >= 0.3 is 0 Å². The molecule has 0 amide bonds. The van der Waals surface area contributed by atoms with Crippen LogP contribution in [0.1, 0.15) is 25.1 Å². The molecule has 2 fully saturated rings. The SMILES string of the molecule is c1csc(-c2nc(CN(CC3CCOC3)C3CC3)no2)c1. The Morgan fingerprint density at radius 1 is 1.33 bits per heavy atom. The van der Waals surface area contributed by atoms with Gasteiger partial charge in [0.2, 0.25) is 0 Å². The molecule has 5 nitrogen and oxygen atoms in total. The average molecular weight is 305 g/mol. The van der Waals surface area contributed by atoms with E-state index in [2.05, 4.69) is 15.0 Å². The molecule has 3 heterocycles. The van der Waals surface area contributed by atoms with E-state index >= 15 is 0 Å². The molecule has 1 saturated heterocycles. The van der Waals surface area contributed by atoms with Gasteiger partial charge in [0, 0.05) is 19.2 Å². The van der Waals surface area contributed by atoms with Crippen molar-refractivity contribution >= 4 is 11.3 Å². The van der Waals surface area contributed by atoms with E-state index in [4.69, 9.17) is 9.26 Å². The van der Waals surface area contributed by atoms with Crippen LogP contribution in [-0.2, 0) is 11.3 Å². The summed E-state index contributed by atoms with van der Waals surface area (Å²) in [6.45, 7) is 3.69. The fraction of sp³-hybridized carbons (Fsp3) is 0.600. The normalized spacial score (nSPS) is 22.2. The first-order chi connectivity index (χ1) is 10.4. The molecule has 1 saturated carbocycles. The van der Waals surface area contributed by atoms with Crippen molar-refractivity contribution in [2.45, 2.75) is 31.8 Å². The molecule has 1 atom stereocenters. The first kappa shape index (κ1) is 13.4. The summed E-state index contributed by atoms with van der Waals surface area (Å²) in [5, 5.41) is 6.17. The van der Waals surface area contributed by atoms with E-state index in [1.54, 1.807) is 11.3 Å². The predicted octanol–water partition coefficient (Wildman–Crippen LogP) is 2.80. The van der Waals surface area contributed by atoms with Gasteiger partial charge in [0.25, 0.3) is 5.89 Å². The minimum atomic E-state index is 0.639. The lowest BCUT2D eigenvalue weighted by Crippen LogP contribution is -2.31. The molecule has 4 rings (SSSR count). The zero-order valence-electron chi connectivity index (χ0n) is 11.9. The lowest BCUT2D eigenvalue weighted by atomic mass is 10.1. The third-order valence-electron chi connectivity index (χ3n) is 4.12. The Labute approximate surface area is 127 Å². The summed E-state index contributed by atoms with van der Waals surface area (Å²) in [4.78, 5) is 8.08. The maximum Gasteiger partial charge on any atom is 0.268 e. The molecule has 6 heteroatoms. The molecule has 2 aliphatic rings. The Bertz CT molecular complexity index is 574. The quantitative estimate of drug-likeness (QED) is 0.821. The molecule has 0 spiro atoms. The third kappa shape index (κ3) is 3.17. The molecule has 2 aromatic heterocycles. The van der Waals surface area contributed by atoms with Crippen LogP contribution in [0.3, 0.4) is 0 Å². The van der Waals surface area contributed by atoms with Gasteiger partial charge in [-0.3, -0.25) is 4.90 Å². The molecule has 0 aromatic carbocycles. The zero-order valence-corrected chi connectivity index (χ0v) is 12.7. The summed E-state index contributed by atoms with van der Waals surface area (Å²) in [5.41, 5.74) is 0. The molecule has 112 valence electrons. The summed E-state index contributed by atoms with van der Waals surface area (Å²) in [6.07, 6.45) is 3.77. The van der Waals surface area contributed by atoms with Crippen LogP contribution >= 0.6 is 11.3 Å².